The van der Waals surface area contributed by atoms with Gasteiger partial charge in [0.2, 0.25) is 9.84 Å². The molecule has 0 fully saturated rings. The van der Waals surface area contributed by atoms with E-state index in [9.17, 15) is 8.42 Å². The molecule has 0 saturated carbocycles. The summed E-state index contributed by atoms with van der Waals surface area (Å²) in [6.07, 6.45) is 0. The minimum Gasteiger partial charge on any atom is -0.377 e. The van der Waals surface area contributed by atoms with Crippen molar-refractivity contribution in [1.29, 1.82) is 0 Å². The van der Waals surface area contributed by atoms with Gasteiger partial charge in [0.1, 0.15) is 0 Å². The minimum absolute atomic E-state index is 0.353. The lowest BCUT2D eigenvalue weighted by molar-refractivity contribution is 0.182. The summed E-state index contributed by atoms with van der Waals surface area (Å²) >= 11 is 0. The maximum atomic E-state index is 11.8. The Balaban J connectivity index is 2.48. The zero-order valence-corrected chi connectivity index (χ0v) is 10.2. The highest BCUT2D eigenvalue weighted by Gasteiger charge is 2.26. The molecule has 1 aromatic carbocycles. The van der Waals surface area contributed by atoms with Crippen molar-refractivity contribution in [3.05, 3.63) is 34.7 Å². The van der Waals surface area contributed by atoms with Gasteiger partial charge in [0.15, 0.2) is 0 Å². The van der Waals surface area contributed by atoms with Crippen molar-refractivity contribution in [2.45, 2.75) is 18.7 Å². The van der Waals surface area contributed by atoms with E-state index in [0.717, 1.165) is 16.7 Å². The summed E-state index contributed by atoms with van der Waals surface area (Å²) in [4.78, 5) is 0.405. The fourth-order valence-electron chi connectivity index (χ4n) is 1.77. The van der Waals surface area contributed by atoms with E-state index in [0.29, 0.717) is 18.1 Å². The van der Waals surface area contributed by atoms with E-state index in [1.54, 1.807) is 6.07 Å². The molecule has 0 N–H and O–H groups in total. The Bertz CT molecular complexity index is 541. The number of aryl methyl sites for hydroxylation is 1. The van der Waals surface area contributed by atoms with E-state index in [1.807, 2.05) is 26.0 Å². The second-order valence-electron chi connectivity index (χ2n) is 3.82. The summed E-state index contributed by atoms with van der Waals surface area (Å²) in [7, 11) is -3.25. The van der Waals surface area contributed by atoms with Gasteiger partial charge < -0.3 is 4.74 Å². The van der Waals surface area contributed by atoms with Crippen molar-refractivity contribution < 1.29 is 13.2 Å². The van der Waals surface area contributed by atoms with Crippen LogP contribution in [0.3, 0.4) is 0 Å². The smallest absolute Gasteiger partial charge is 0.200 e. The Morgan fingerprint density at radius 3 is 2.75 bits per heavy atom. The van der Waals surface area contributed by atoms with Crippen LogP contribution in [0.1, 0.15) is 18.1 Å². The number of ether oxygens (including phenoxy) is 1. The third kappa shape index (κ3) is 1.90. The molecule has 0 bridgehead atoms. The average molecular weight is 238 g/mol. The summed E-state index contributed by atoms with van der Waals surface area (Å²) in [6, 6.07) is 5.47. The molecule has 1 aliphatic heterocycles. The summed E-state index contributed by atoms with van der Waals surface area (Å²) in [5.74, 6) is 0. The van der Waals surface area contributed by atoms with Gasteiger partial charge in [-0.15, -0.1) is 0 Å². The Hall–Kier alpha value is -1.13. The van der Waals surface area contributed by atoms with Gasteiger partial charge in [-0.05, 0) is 36.6 Å². The van der Waals surface area contributed by atoms with Gasteiger partial charge in [-0.2, -0.15) is 0 Å². The van der Waals surface area contributed by atoms with Crippen LogP contribution in [0.25, 0.3) is 5.57 Å². The number of fused-ring (bicyclic) bond motifs is 1. The molecular formula is C12H14O3S. The summed E-state index contributed by atoms with van der Waals surface area (Å²) in [6.45, 7) is 4.71. The fourth-order valence-corrected chi connectivity index (χ4v) is 3.32. The van der Waals surface area contributed by atoms with Crippen LogP contribution in [0.2, 0.25) is 0 Å². The van der Waals surface area contributed by atoms with Crippen LogP contribution in [-0.2, 0) is 14.6 Å². The van der Waals surface area contributed by atoms with Gasteiger partial charge in [-0.1, -0.05) is 12.1 Å². The standard InChI is InChI=1S/C12H14O3S/c1-3-15-7-10-8-16(13,14)12-6-9(2)4-5-11(10)12/h4-6,8H,3,7H2,1-2H3. The lowest BCUT2D eigenvalue weighted by atomic mass is 10.1. The molecule has 2 rings (SSSR count). The fraction of sp³-hybridized carbons (Fsp3) is 0.333. The molecule has 0 atom stereocenters. The van der Waals surface area contributed by atoms with Crippen molar-refractivity contribution in [2.24, 2.45) is 0 Å². The third-order valence-electron chi connectivity index (χ3n) is 2.55. The molecule has 86 valence electrons. The zero-order valence-electron chi connectivity index (χ0n) is 9.36. The van der Waals surface area contributed by atoms with Crippen LogP contribution in [-0.4, -0.2) is 21.6 Å². The largest absolute Gasteiger partial charge is 0.377 e. The maximum Gasteiger partial charge on any atom is 0.200 e. The van der Waals surface area contributed by atoms with Crippen molar-refractivity contribution in [1.82, 2.24) is 0 Å². The van der Waals surface area contributed by atoms with E-state index in [4.69, 9.17) is 4.74 Å². The molecule has 0 amide bonds. The topological polar surface area (TPSA) is 43.4 Å². The number of sulfone groups is 1. The molecule has 3 nitrogen and oxygen atoms in total. The predicted octanol–water partition coefficient (Wildman–Crippen LogP) is 2.16. The number of benzene rings is 1. The van der Waals surface area contributed by atoms with Crippen LogP contribution < -0.4 is 0 Å². The Labute approximate surface area is 95.7 Å². The first-order chi connectivity index (χ1) is 7.54. The number of hydrogen-bond acceptors (Lipinski definition) is 3. The van der Waals surface area contributed by atoms with Gasteiger partial charge >= 0.3 is 0 Å². The first-order valence-electron chi connectivity index (χ1n) is 5.19. The van der Waals surface area contributed by atoms with Crippen molar-refractivity contribution in [3.8, 4) is 0 Å². The highest BCUT2D eigenvalue weighted by Crippen LogP contribution is 2.33. The highest BCUT2D eigenvalue weighted by molar-refractivity contribution is 7.95. The lowest BCUT2D eigenvalue weighted by Crippen LogP contribution is -1.96. The normalized spacial score (nSPS) is 17.0. The zero-order chi connectivity index (χ0) is 11.8. The van der Waals surface area contributed by atoms with Crippen LogP contribution >= 0.6 is 0 Å². The molecule has 0 aliphatic carbocycles. The predicted molar refractivity (Wildman–Crippen MR) is 62.8 cm³/mol. The molecular weight excluding hydrogens is 224 g/mol. The molecule has 0 unspecified atom stereocenters. The van der Waals surface area contributed by atoms with E-state index in [2.05, 4.69) is 0 Å². The molecule has 1 heterocycles. The van der Waals surface area contributed by atoms with Crippen LogP contribution in [0.15, 0.2) is 28.5 Å². The second-order valence-corrected chi connectivity index (χ2v) is 5.59. The van der Waals surface area contributed by atoms with Crippen LogP contribution in [0.4, 0.5) is 0 Å². The van der Waals surface area contributed by atoms with Gasteiger partial charge in [-0.3, -0.25) is 0 Å². The van der Waals surface area contributed by atoms with Gasteiger partial charge in [0.25, 0.3) is 0 Å². The van der Waals surface area contributed by atoms with E-state index in [1.165, 1.54) is 5.41 Å². The minimum atomic E-state index is -3.25. The number of hydrogen-bond donors (Lipinski definition) is 0. The van der Waals surface area contributed by atoms with E-state index < -0.39 is 9.84 Å². The first kappa shape index (κ1) is 11.4. The quantitative estimate of drug-likeness (QED) is 0.810. The summed E-state index contributed by atoms with van der Waals surface area (Å²) in [5.41, 5.74) is 2.48. The SMILES string of the molecule is CCOCC1=CS(=O)(=O)c2cc(C)ccc21. The molecule has 1 aliphatic rings. The molecule has 0 saturated heterocycles. The van der Waals surface area contributed by atoms with Crippen LogP contribution in [0, 0.1) is 6.92 Å². The first-order valence-corrected chi connectivity index (χ1v) is 6.73. The molecule has 0 aromatic heterocycles. The second kappa shape index (κ2) is 4.03. The van der Waals surface area contributed by atoms with Gasteiger partial charge in [0, 0.05) is 12.0 Å². The Kier molecular flexibility index (Phi) is 2.86. The Morgan fingerprint density at radius 2 is 2.06 bits per heavy atom. The van der Waals surface area contributed by atoms with E-state index in [-0.39, 0.29) is 0 Å². The molecule has 0 radical (unpaired) electrons. The van der Waals surface area contributed by atoms with Gasteiger partial charge in [-0.25, -0.2) is 8.42 Å². The summed E-state index contributed by atoms with van der Waals surface area (Å²) < 4.78 is 29.0. The maximum absolute atomic E-state index is 11.8. The monoisotopic (exact) mass is 238 g/mol. The van der Waals surface area contributed by atoms with Gasteiger partial charge in [0.05, 0.1) is 11.5 Å². The summed E-state index contributed by atoms with van der Waals surface area (Å²) in [5, 5.41) is 1.31. The number of rotatable bonds is 3. The van der Waals surface area contributed by atoms with E-state index >= 15 is 0 Å². The van der Waals surface area contributed by atoms with Crippen molar-refractivity contribution in [2.75, 3.05) is 13.2 Å². The van der Waals surface area contributed by atoms with Crippen molar-refractivity contribution >= 4 is 15.4 Å². The molecule has 1 aromatic rings. The highest BCUT2D eigenvalue weighted by atomic mass is 32.2. The third-order valence-corrected chi connectivity index (χ3v) is 4.09. The Morgan fingerprint density at radius 1 is 1.31 bits per heavy atom. The molecule has 4 heteroatoms. The lowest BCUT2D eigenvalue weighted by Gasteiger charge is -2.04. The molecule has 0 spiro atoms. The average Bonchev–Trinajstić information content (AvgIpc) is 2.48. The molecule has 16 heavy (non-hydrogen) atoms. The van der Waals surface area contributed by atoms with Crippen molar-refractivity contribution in [3.63, 3.8) is 0 Å². The van der Waals surface area contributed by atoms with Crippen LogP contribution in [0.5, 0.6) is 0 Å².